The predicted octanol–water partition coefficient (Wildman–Crippen LogP) is 1.96. The van der Waals surface area contributed by atoms with E-state index in [4.69, 9.17) is 4.52 Å². The van der Waals surface area contributed by atoms with Gasteiger partial charge in [-0.25, -0.2) is 4.98 Å². The molecule has 0 aliphatic carbocycles. The first-order chi connectivity index (χ1) is 8.08. The number of anilines is 1. The van der Waals surface area contributed by atoms with Gasteiger partial charge in [0.15, 0.2) is 5.69 Å². The lowest BCUT2D eigenvalue weighted by atomic mass is 10.3. The second-order valence-corrected chi connectivity index (χ2v) is 3.88. The standard InChI is InChI=1S/C12H13N3O2/c1-8-4-5-11(13-7-8)15(3)12(16)10-6-9(2)17-14-10/h4-7H,1-3H3. The van der Waals surface area contributed by atoms with Crippen molar-refractivity contribution in [3.8, 4) is 0 Å². The third-order valence-electron chi connectivity index (χ3n) is 2.39. The highest BCUT2D eigenvalue weighted by Gasteiger charge is 2.17. The van der Waals surface area contributed by atoms with Gasteiger partial charge in [0.25, 0.3) is 5.91 Å². The van der Waals surface area contributed by atoms with Crippen molar-refractivity contribution in [3.05, 3.63) is 41.4 Å². The van der Waals surface area contributed by atoms with Gasteiger partial charge < -0.3 is 4.52 Å². The van der Waals surface area contributed by atoms with Crippen LogP contribution >= 0.6 is 0 Å². The van der Waals surface area contributed by atoms with Crippen LogP contribution in [-0.4, -0.2) is 23.1 Å². The second-order valence-electron chi connectivity index (χ2n) is 3.88. The van der Waals surface area contributed by atoms with Crippen LogP contribution < -0.4 is 4.90 Å². The Morgan fingerprint density at radius 2 is 2.12 bits per heavy atom. The molecule has 0 fully saturated rings. The zero-order valence-corrected chi connectivity index (χ0v) is 9.97. The maximum absolute atomic E-state index is 12.0. The number of pyridine rings is 1. The lowest BCUT2D eigenvalue weighted by molar-refractivity contribution is 0.0983. The minimum absolute atomic E-state index is 0.238. The minimum atomic E-state index is -0.238. The van der Waals surface area contributed by atoms with Crippen molar-refractivity contribution in [2.75, 3.05) is 11.9 Å². The molecule has 0 aliphatic heterocycles. The largest absolute Gasteiger partial charge is 0.361 e. The average molecular weight is 231 g/mol. The van der Waals surface area contributed by atoms with Gasteiger partial charge in [0.05, 0.1) is 0 Å². The van der Waals surface area contributed by atoms with Crippen LogP contribution in [0.15, 0.2) is 28.9 Å². The first-order valence-electron chi connectivity index (χ1n) is 5.22. The highest BCUT2D eigenvalue weighted by molar-refractivity contribution is 6.03. The molecule has 1 amide bonds. The maximum atomic E-state index is 12.0. The van der Waals surface area contributed by atoms with Crippen LogP contribution in [0, 0.1) is 13.8 Å². The predicted molar refractivity (Wildman–Crippen MR) is 62.9 cm³/mol. The number of rotatable bonds is 2. The summed E-state index contributed by atoms with van der Waals surface area (Å²) in [6.45, 7) is 3.69. The smallest absolute Gasteiger partial charge is 0.281 e. The molecule has 0 radical (unpaired) electrons. The Labute approximate surface area is 99.1 Å². The molecule has 0 atom stereocenters. The molecule has 2 aromatic rings. The van der Waals surface area contributed by atoms with Gasteiger partial charge >= 0.3 is 0 Å². The summed E-state index contributed by atoms with van der Waals surface area (Å²) in [4.78, 5) is 17.6. The van der Waals surface area contributed by atoms with E-state index in [9.17, 15) is 4.79 Å². The number of hydrogen-bond acceptors (Lipinski definition) is 4. The Morgan fingerprint density at radius 3 is 2.65 bits per heavy atom. The van der Waals surface area contributed by atoms with Crippen LogP contribution in [0.5, 0.6) is 0 Å². The second kappa shape index (κ2) is 4.37. The summed E-state index contributed by atoms with van der Waals surface area (Å²) in [7, 11) is 1.66. The number of aryl methyl sites for hydroxylation is 2. The van der Waals surface area contributed by atoms with Crippen LogP contribution in [0.4, 0.5) is 5.82 Å². The lowest BCUT2D eigenvalue weighted by Crippen LogP contribution is -2.27. The van der Waals surface area contributed by atoms with Crippen LogP contribution in [0.1, 0.15) is 21.8 Å². The van der Waals surface area contributed by atoms with E-state index in [1.807, 2.05) is 13.0 Å². The quantitative estimate of drug-likeness (QED) is 0.792. The molecule has 2 heterocycles. The fourth-order valence-electron chi connectivity index (χ4n) is 1.40. The van der Waals surface area contributed by atoms with E-state index in [2.05, 4.69) is 10.1 Å². The summed E-state index contributed by atoms with van der Waals surface area (Å²) >= 11 is 0. The molecule has 0 bridgehead atoms. The van der Waals surface area contributed by atoms with Crippen molar-refractivity contribution in [1.82, 2.24) is 10.1 Å². The van der Waals surface area contributed by atoms with E-state index in [1.165, 1.54) is 4.90 Å². The summed E-state index contributed by atoms with van der Waals surface area (Å²) in [6, 6.07) is 5.30. The number of aromatic nitrogens is 2. The molecule has 17 heavy (non-hydrogen) atoms. The fraction of sp³-hybridized carbons (Fsp3) is 0.250. The molecule has 2 rings (SSSR count). The minimum Gasteiger partial charge on any atom is -0.361 e. The highest BCUT2D eigenvalue weighted by Crippen LogP contribution is 2.13. The molecule has 0 N–H and O–H groups in total. The van der Waals surface area contributed by atoms with Crippen molar-refractivity contribution < 1.29 is 9.32 Å². The van der Waals surface area contributed by atoms with E-state index in [0.29, 0.717) is 11.6 Å². The SMILES string of the molecule is Cc1ccc(N(C)C(=O)c2cc(C)on2)nc1. The molecule has 0 saturated heterocycles. The molecule has 0 aromatic carbocycles. The molecule has 2 aromatic heterocycles. The Balaban J connectivity index is 2.23. The van der Waals surface area contributed by atoms with Crippen LogP contribution in [0.2, 0.25) is 0 Å². The third-order valence-corrected chi connectivity index (χ3v) is 2.39. The topological polar surface area (TPSA) is 59.2 Å². The summed E-state index contributed by atoms with van der Waals surface area (Å²) in [6.07, 6.45) is 1.72. The van der Waals surface area contributed by atoms with Gasteiger partial charge in [-0.1, -0.05) is 11.2 Å². The van der Waals surface area contributed by atoms with Gasteiger partial charge in [0, 0.05) is 19.3 Å². The molecule has 0 saturated carbocycles. The van der Waals surface area contributed by atoms with E-state index in [0.717, 1.165) is 5.56 Å². The van der Waals surface area contributed by atoms with Crippen molar-refractivity contribution in [3.63, 3.8) is 0 Å². The lowest BCUT2D eigenvalue weighted by Gasteiger charge is -2.14. The zero-order valence-electron chi connectivity index (χ0n) is 9.97. The monoisotopic (exact) mass is 231 g/mol. The first-order valence-corrected chi connectivity index (χ1v) is 5.22. The third kappa shape index (κ3) is 2.33. The van der Waals surface area contributed by atoms with Gasteiger partial charge in [-0.2, -0.15) is 0 Å². The van der Waals surface area contributed by atoms with Gasteiger partial charge in [0.1, 0.15) is 11.6 Å². The van der Waals surface area contributed by atoms with Crippen LogP contribution in [-0.2, 0) is 0 Å². The summed E-state index contributed by atoms with van der Waals surface area (Å²) in [5.41, 5.74) is 1.33. The van der Waals surface area contributed by atoms with Gasteiger partial charge in [-0.3, -0.25) is 9.69 Å². The van der Waals surface area contributed by atoms with Gasteiger partial charge in [-0.05, 0) is 25.5 Å². The zero-order chi connectivity index (χ0) is 12.4. The van der Waals surface area contributed by atoms with Crippen molar-refractivity contribution >= 4 is 11.7 Å². The highest BCUT2D eigenvalue weighted by atomic mass is 16.5. The Morgan fingerprint density at radius 1 is 1.35 bits per heavy atom. The molecule has 88 valence electrons. The van der Waals surface area contributed by atoms with Crippen LogP contribution in [0.25, 0.3) is 0 Å². The molecular formula is C12H13N3O2. The first kappa shape index (κ1) is 11.3. The molecule has 0 aliphatic rings. The Kier molecular flexibility index (Phi) is 2.91. The summed E-state index contributed by atoms with van der Waals surface area (Å²) in [5.74, 6) is 0.957. The number of nitrogens with zero attached hydrogens (tertiary/aromatic N) is 3. The Bertz CT molecular complexity index is 531. The summed E-state index contributed by atoms with van der Waals surface area (Å²) in [5, 5.41) is 3.69. The summed E-state index contributed by atoms with van der Waals surface area (Å²) < 4.78 is 4.87. The number of carbonyl (C=O) groups excluding carboxylic acids is 1. The van der Waals surface area contributed by atoms with E-state index in [-0.39, 0.29) is 11.6 Å². The van der Waals surface area contributed by atoms with Gasteiger partial charge in [0.2, 0.25) is 0 Å². The van der Waals surface area contributed by atoms with E-state index < -0.39 is 0 Å². The average Bonchev–Trinajstić information content (AvgIpc) is 2.75. The Hall–Kier alpha value is -2.17. The van der Waals surface area contributed by atoms with E-state index >= 15 is 0 Å². The number of amides is 1. The molecule has 5 nitrogen and oxygen atoms in total. The van der Waals surface area contributed by atoms with Crippen molar-refractivity contribution in [1.29, 1.82) is 0 Å². The number of carbonyl (C=O) groups is 1. The van der Waals surface area contributed by atoms with Gasteiger partial charge in [-0.15, -0.1) is 0 Å². The normalized spacial score (nSPS) is 10.3. The number of hydrogen-bond donors (Lipinski definition) is 0. The fourth-order valence-corrected chi connectivity index (χ4v) is 1.40. The molecular weight excluding hydrogens is 218 g/mol. The maximum Gasteiger partial charge on any atom is 0.281 e. The molecule has 5 heteroatoms. The van der Waals surface area contributed by atoms with E-state index in [1.54, 1.807) is 32.3 Å². The molecule has 0 unspecified atom stereocenters. The van der Waals surface area contributed by atoms with Crippen molar-refractivity contribution in [2.24, 2.45) is 0 Å². The molecule has 0 spiro atoms. The van der Waals surface area contributed by atoms with Crippen molar-refractivity contribution in [2.45, 2.75) is 13.8 Å². The van der Waals surface area contributed by atoms with Crippen LogP contribution in [0.3, 0.4) is 0 Å².